The molecule has 0 aliphatic carbocycles. The van der Waals surface area contributed by atoms with Crippen LogP contribution in [0.5, 0.6) is 0 Å². The fraction of sp³-hybridized carbons (Fsp3) is 0.500. The zero-order chi connectivity index (χ0) is 15.4. The molecular weight excluding hydrogens is 360 g/mol. The normalized spacial score (nSPS) is 18.6. The second-order valence-electron chi connectivity index (χ2n) is 5.08. The van der Waals surface area contributed by atoms with Crippen molar-refractivity contribution in [2.45, 2.75) is 31.7 Å². The molecule has 1 aromatic carbocycles. The quantitative estimate of drug-likeness (QED) is 0.454. The number of halogens is 2. The van der Waals surface area contributed by atoms with Crippen molar-refractivity contribution in [2.24, 2.45) is 0 Å². The summed E-state index contributed by atoms with van der Waals surface area (Å²) in [5, 5.41) is 10.9. The van der Waals surface area contributed by atoms with Gasteiger partial charge in [-0.25, -0.2) is 0 Å². The highest BCUT2D eigenvalue weighted by Gasteiger charge is 2.28. The maximum absolute atomic E-state index is 12.7. The number of hydrogen-bond donors (Lipinski definition) is 0. The highest BCUT2D eigenvalue weighted by molar-refractivity contribution is 9.10. The van der Waals surface area contributed by atoms with Crippen LogP contribution in [0.3, 0.4) is 0 Å². The molecule has 1 aliphatic heterocycles. The second-order valence-corrected chi connectivity index (χ2v) is 6.37. The molecule has 0 saturated carbocycles. The maximum Gasteiger partial charge on any atom is 0.271 e. The van der Waals surface area contributed by atoms with Crippen LogP contribution in [0.15, 0.2) is 22.7 Å². The fourth-order valence-electron chi connectivity index (χ4n) is 2.66. The predicted octanol–water partition coefficient (Wildman–Crippen LogP) is 3.98. The third-order valence-corrected chi connectivity index (χ3v) is 4.35. The highest BCUT2D eigenvalue weighted by Crippen LogP contribution is 2.26. The van der Waals surface area contributed by atoms with E-state index in [2.05, 4.69) is 15.9 Å². The topological polar surface area (TPSA) is 63.4 Å². The van der Waals surface area contributed by atoms with E-state index in [0.717, 1.165) is 25.7 Å². The number of hydrogen-bond acceptors (Lipinski definition) is 3. The zero-order valence-electron chi connectivity index (χ0n) is 11.4. The zero-order valence-corrected chi connectivity index (χ0v) is 13.8. The van der Waals surface area contributed by atoms with Gasteiger partial charge in [0.1, 0.15) is 0 Å². The Hall–Kier alpha value is -1.14. The average molecular weight is 376 g/mol. The summed E-state index contributed by atoms with van der Waals surface area (Å²) >= 11 is 9.03. The van der Waals surface area contributed by atoms with E-state index in [1.54, 1.807) is 11.0 Å². The Kier molecular flexibility index (Phi) is 5.58. The number of carbonyl (C=O) groups is 1. The van der Waals surface area contributed by atoms with Gasteiger partial charge in [0.2, 0.25) is 0 Å². The molecule has 1 saturated heterocycles. The first-order chi connectivity index (χ1) is 10.0. The molecule has 1 amide bonds. The van der Waals surface area contributed by atoms with Crippen LogP contribution in [0, 0.1) is 10.1 Å². The van der Waals surface area contributed by atoms with Crippen LogP contribution in [-0.4, -0.2) is 34.2 Å². The Balaban J connectivity index is 2.27. The molecule has 1 heterocycles. The van der Waals surface area contributed by atoms with Crippen LogP contribution < -0.4 is 0 Å². The minimum Gasteiger partial charge on any atom is -0.336 e. The molecular formula is C14H16BrClN2O3. The van der Waals surface area contributed by atoms with E-state index < -0.39 is 4.92 Å². The molecule has 21 heavy (non-hydrogen) atoms. The first-order valence-electron chi connectivity index (χ1n) is 6.85. The predicted molar refractivity (Wildman–Crippen MR) is 84.8 cm³/mol. The van der Waals surface area contributed by atoms with Crippen LogP contribution in [0.1, 0.15) is 36.0 Å². The summed E-state index contributed by atoms with van der Waals surface area (Å²) in [6.07, 6.45) is 3.74. The van der Waals surface area contributed by atoms with Crippen molar-refractivity contribution >= 4 is 39.1 Å². The smallest absolute Gasteiger partial charge is 0.271 e. The number of alkyl halides is 1. The molecule has 0 N–H and O–H groups in total. The fourth-order valence-corrected chi connectivity index (χ4v) is 3.40. The van der Waals surface area contributed by atoms with Gasteiger partial charge in [0.25, 0.3) is 11.6 Å². The number of nitro benzene ring substituents is 1. The summed E-state index contributed by atoms with van der Waals surface area (Å²) in [4.78, 5) is 24.9. The van der Waals surface area contributed by atoms with Crippen LogP contribution in [-0.2, 0) is 0 Å². The van der Waals surface area contributed by atoms with Crippen molar-refractivity contribution in [1.29, 1.82) is 0 Å². The molecule has 1 unspecified atom stereocenters. The van der Waals surface area contributed by atoms with E-state index in [4.69, 9.17) is 11.6 Å². The first-order valence-corrected chi connectivity index (χ1v) is 8.17. The Morgan fingerprint density at radius 3 is 2.86 bits per heavy atom. The number of non-ortho nitro benzene ring substituents is 1. The second kappa shape index (κ2) is 7.22. The van der Waals surface area contributed by atoms with Gasteiger partial charge in [-0.3, -0.25) is 14.9 Å². The number of amides is 1. The molecule has 1 aliphatic rings. The number of piperidine rings is 1. The Bertz CT molecular complexity index is 551. The largest absolute Gasteiger partial charge is 0.336 e. The third kappa shape index (κ3) is 3.95. The maximum atomic E-state index is 12.7. The van der Waals surface area contributed by atoms with Gasteiger partial charge < -0.3 is 4.90 Å². The molecule has 7 heteroatoms. The van der Waals surface area contributed by atoms with Crippen molar-refractivity contribution in [1.82, 2.24) is 4.90 Å². The monoisotopic (exact) mass is 374 g/mol. The van der Waals surface area contributed by atoms with Gasteiger partial charge in [-0.05, 0) is 31.7 Å². The average Bonchev–Trinajstić information content (AvgIpc) is 2.47. The van der Waals surface area contributed by atoms with Gasteiger partial charge in [-0.15, -0.1) is 11.6 Å². The summed E-state index contributed by atoms with van der Waals surface area (Å²) in [7, 11) is 0. The molecule has 1 aromatic rings. The van der Waals surface area contributed by atoms with Crippen LogP contribution in [0.2, 0.25) is 0 Å². The Labute approximate surface area is 136 Å². The number of nitro groups is 1. The molecule has 1 fully saturated rings. The van der Waals surface area contributed by atoms with Crippen molar-refractivity contribution < 1.29 is 9.72 Å². The van der Waals surface area contributed by atoms with E-state index in [1.807, 2.05) is 0 Å². The lowest BCUT2D eigenvalue weighted by Gasteiger charge is -2.35. The number of nitrogens with zero attached hydrogens (tertiary/aromatic N) is 2. The van der Waals surface area contributed by atoms with Gasteiger partial charge in [-0.1, -0.05) is 15.9 Å². The molecule has 114 valence electrons. The van der Waals surface area contributed by atoms with Crippen molar-refractivity contribution in [3.63, 3.8) is 0 Å². The lowest BCUT2D eigenvalue weighted by atomic mass is 9.98. The van der Waals surface area contributed by atoms with E-state index in [0.29, 0.717) is 22.5 Å². The van der Waals surface area contributed by atoms with Crippen molar-refractivity contribution in [2.75, 3.05) is 12.4 Å². The van der Waals surface area contributed by atoms with Crippen LogP contribution in [0.25, 0.3) is 0 Å². The van der Waals surface area contributed by atoms with Gasteiger partial charge in [0.05, 0.1) is 4.92 Å². The molecule has 1 atom stereocenters. The molecule has 0 spiro atoms. The summed E-state index contributed by atoms with van der Waals surface area (Å²) in [6, 6.07) is 4.48. The standard InChI is InChI=1S/C14H16BrClN2O3/c15-11-7-10(8-13(9-11)18(20)21)14(19)17-6-2-1-3-12(17)4-5-16/h7-9,12H,1-6H2. The van der Waals surface area contributed by atoms with E-state index in [9.17, 15) is 14.9 Å². The van der Waals surface area contributed by atoms with E-state index in [-0.39, 0.29) is 17.6 Å². The van der Waals surface area contributed by atoms with Gasteiger partial charge >= 0.3 is 0 Å². The first kappa shape index (κ1) is 16.2. The number of benzene rings is 1. The molecule has 0 aromatic heterocycles. The van der Waals surface area contributed by atoms with E-state index >= 15 is 0 Å². The van der Waals surface area contributed by atoms with Crippen molar-refractivity contribution in [3.05, 3.63) is 38.3 Å². The van der Waals surface area contributed by atoms with Gasteiger partial charge in [0.15, 0.2) is 0 Å². The minimum atomic E-state index is -0.492. The molecule has 0 bridgehead atoms. The lowest BCUT2D eigenvalue weighted by molar-refractivity contribution is -0.385. The SMILES string of the molecule is O=C(c1cc(Br)cc([N+](=O)[O-])c1)N1CCCCC1CCCl. The van der Waals surface area contributed by atoms with Crippen LogP contribution >= 0.6 is 27.5 Å². The Morgan fingerprint density at radius 2 is 2.19 bits per heavy atom. The molecule has 0 radical (unpaired) electrons. The lowest BCUT2D eigenvalue weighted by Crippen LogP contribution is -2.44. The highest BCUT2D eigenvalue weighted by atomic mass is 79.9. The van der Waals surface area contributed by atoms with E-state index in [1.165, 1.54) is 12.1 Å². The minimum absolute atomic E-state index is 0.0846. The van der Waals surface area contributed by atoms with Crippen LogP contribution in [0.4, 0.5) is 5.69 Å². The third-order valence-electron chi connectivity index (χ3n) is 3.67. The number of rotatable bonds is 4. The molecule has 5 nitrogen and oxygen atoms in total. The summed E-state index contributed by atoms with van der Waals surface area (Å²) in [5.41, 5.74) is 0.260. The van der Waals surface area contributed by atoms with Crippen molar-refractivity contribution in [3.8, 4) is 0 Å². The molecule has 2 rings (SSSR count). The summed E-state index contributed by atoms with van der Waals surface area (Å²) in [6.45, 7) is 0.681. The van der Waals surface area contributed by atoms with Gasteiger partial charge in [0, 0.05) is 40.6 Å². The Morgan fingerprint density at radius 1 is 1.43 bits per heavy atom. The number of carbonyl (C=O) groups excluding carboxylic acids is 1. The number of likely N-dealkylation sites (tertiary alicyclic amines) is 1. The summed E-state index contributed by atoms with van der Waals surface area (Å²) < 4.78 is 0.533. The van der Waals surface area contributed by atoms with Gasteiger partial charge in [-0.2, -0.15) is 0 Å². The summed E-state index contributed by atoms with van der Waals surface area (Å²) in [5.74, 6) is 0.349.